The number of hydrogen-bond acceptors (Lipinski definition) is 4. The smallest absolute Gasteiger partial charge is 0.200 e. The van der Waals surface area contributed by atoms with Crippen LogP contribution in [-0.4, -0.2) is 30.2 Å². The zero-order valence-electron chi connectivity index (χ0n) is 14.1. The SMILES string of the molecule is COc1ccc(-c2[nH]ncc2C2CCCC2)cc1OC1CCCO1. The van der Waals surface area contributed by atoms with Gasteiger partial charge in [0.25, 0.3) is 0 Å². The fraction of sp³-hybridized carbons (Fsp3) is 0.526. The third-order valence-electron chi connectivity index (χ3n) is 5.06. The third-order valence-corrected chi connectivity index (χ3v) is 5.06. The van der Waals surface area contributed by atoms with Gasteiger partial charge in [-0.1, -0.05) is 12.8 Å². The average Bonchev–Trinajstić information content (AvgIpc) is 3.35. The summed E-state index contributed by atoms with van der Waals surface area (Å²) in [7, 11) is 1.66. The summed E-state index contributed by atoms with van der Waals surface area (Å²) in [5, 5.41) is 7.48. The molecule has 1 unspecified atom stereocenters. The van der Waals surface area contributed by atoms with E-state index in [0.29, 0.717) is 5.92 Å². The summed E-state index contributed by atoms with van der Waals surface area (Å²) in [6, 6.07) is 6.05. The van der Waals surface area contributed by atoms with Gasteiger partial charge in [0.05, 0.1) is 25.6 Å². The van der Waals surface area contributed by atoms with Crippen LogP contribution in [0, 0.1) is 0 Å². The Balaban J connectivity index is 1.64. The molecule has 5 nitrogen and oxygen atoms in total. The molecule has 1 N–H and O–H groups in total. The van der Waals surface area contributed by atoms with Gasteiger partial charge in [0.15, 0.2) is 17.8 Å². The number of aromatic amines is 1. The van der Waals surface area contributed by atoms with Crippen molar-refractivity contribution in [2.24, 2.45) is 0 Å². The molecule has 1 saturated carbocycles. The highest BCUT2D eigenvalue weighted by molar-refractivity contribution is 5.67. The number of hydrogen-bond donors (Lipinski definition) is 1. The number of aromatic nitrogens is 2. The Morgan fingerprint density at radius 3 is 2.75 bits per heavy atom. The van der Waals surface area contributed by atoms with E-state index in [0.717, 1.165) is 42.2 Å². The first-order valence-electron chi connectivity index (χ1n) is 8.85. The number of nitrogens with zero attached hydrogens (tertiary/aromatic N) is 1. The molecule has 1 aliphatic carbocycles. The quantitative estimate of drug-likeness (QED) is 0.891. The van der Waals surface area contributed by atoms with Gasteiger partial charge in [-0.25, -0.2) is 0 Å². The van der Waals surface area contributed by atoms with Gasteiger partial charge in [-0.3, -0.25) is 5.10 Å². The maximum Gasteiger partial charge on any atom is 0.200 e. The molecular weight excluding hydrogens is 304 g/mol. The van der Waals surface area contributed by atoms with Crippen molar-refractivity contribution in [2.45, 2.75) is 50.7 Å². The van der Waals surface area contributed by atoms with Crippen molar-refractivity contribution in [1.29, 1.82) is 0 Å². The molecule has 0 radical (unpaired) electrons. The average molecular weight is 328 g/mol. The van der Waals surface area contributed by atoms with Crippen molar-refractivity contribution in [3.8, 4) is 22.8 Å². The molecule has 128 valence electrons. The minimum Gasteiger partial charge on any atom is -0.493 e. The van der Waals surface area contributed by atoms with E-state index in [1.165, 1.54) is 31.2 Å². The zero-order valence-corrected chi connectivity index (χ0v) is 14.1. The third kappa shape index (κ3) is 3.00. The number of methoxy groups -OCH3 is 1. The first-order valence-corrected chi connectivity index (χ1v) is 8.85. The second-order valence-corrected chi connectivity index (χ2v) is 6.61. The van der Waals surface area contributed by atoms with Gasteiger partial charge in [-0.05, 0) is 43.4 Å². The molecule has 2 aliphatic rings. The minimum atomic E-state index is -0.176. The van der Waals surface area contributed by atoms with Crippen LogP contribution in [0.2, 0.25) is 0 Å². The highest BCUT2D eigenvalue weighted by Crippen LogP contribution is 2.40. The normalized spacial score (nSPS) is 21.3. The van der Waals surface area contributed by atoms with Crippen LogP contribution < -0.4 is 9.47 Å². The van der Waals surface area contributed by atoms with Crippen LogP contribution in [0.4, 0.5) is 0 Å². The standard InChI is InChI=1S/C19H24N2O3/c1-22-16-9-8-14(11-17(16)24-18-7-4-10-23-18)19-15(12-20-21-19)13-5-2-3-6-13/h8-9,11-13,18H,2-7,10H2,1H3,(H,20,21). The molecule has 1 aromatic heterocycles. The number of benzene rings is 1. The van der Waals surface area contributed by atoms with E-state index < -0.39 is 0 Å². The van der Waals surface area contributed by atoms with E-state index in [-0.39, 0.29) is 6.29 Å². The van der Waals surface area contributed by atoms with E-state index in [1.54, 1.807) is 7.11 Å². The largest absolute Gasteiger partial charge is 0.493 e. The zero-order chi connectivity index (χ0) is 16.4. The van der Waals surface area contributed by atoms with Gasteiger partial charge >= 0.3 is 0 Å². The number of nitrogens with one attached hydrogen (secondary N) is 1. The molecule has 2 fully saturated rings. The number of ether oxygens (including phenoxy) is 3. The molecule has 0 amide bonds. The molecule has 2 heterocycles. The predicted octanol–water partition coefficient (Wildman–Crippen LogP) is 4.26. The molecular formula is C19H24N2O3. The highest BCUT2D eigenvalue weighted by atomic mass is 16.7. The van der Waals surface area contributed by atoms with Crippen molar-refractivity contribution in [3.63, 3.8) is 0 Å². The van der Waals surface area contributed by atoms with E-state index in [9.17, 15) is 0 Å². The van der Waals surface area contributed by atoms with Gasteiger partial charge in [0, 0.05) is 17.5 Å². The second-order valence-electron chi connectivity index (χ2n) is 6.61. The summed E-state index contributed by atoms with van der Waals surface area (Å²) in [5.74, 6) is 2.08. The molecule has 1 aromatic carbocycles. The van der Waals surface area contributed by atoms with E-state index in [2.05, 4.69) is 16.3 Å². The summed E-state index contributed by atoms with van der Waals surface area (Å²) in [6.45, 7) is 0.763. The lowest BCUT2D eigenvalue weighted by molar-refractivity contribution is -0.0402. The van der Waals surface area contributed by atoms with Crippen LogP contribution in [0.3, 0.4) is 0 Å². The molecule has 24 heavy (non-hydrogen) atoms. The second kappa shape index (κ2) is 6.85. The van der Waals surface area contributed by atoms with Gasteiger partial charge in [-0.15, -0.1) is 0 Å². The predicted molar refractivity (Wildman–Crippen MR) is 91.4 cm³/mol. The van der Waals surface area contributed by atoms with Gasteiger partial charge in [0.2, 0.25) is 0 Å². The van der Waals surface area contributed by atoms with Crippen LogP contribution in [0.5, 0.6) is 11.5 Å². The first-order chi connectivity index (χ1) is 11.8. The van der Waals surface area contributed by atoms with Gasteiger partial charge in [-0.2, -0.15) is 5.10 Å². The Hall–Kier alpha value is -2.01. The molecule has 1 saturated heterocycles. The van der Waals surface area contributed by atoms with Crippen LogP contribution in [0.15, 0.2) is 24.4 Å². The lowest BCUT2D eigenvalue weighted by atomic mass is 9.95. The van der Waals surface area contributed by atoms with Crippen LogP contribution in [0.1, 0.15) is 50.0 Å². The maximum atomic E-state index is 6.02. The summed E-state index contributed by atoms with van der Waals surface area (Å²) in [6.07, 6.45) is 8.89. The Kier molecular flexibility index (Phi) is 4.43. The van der Waals surface area contributed by atoms with E-state index in [4.69, 9.17) is 14.2 Å². The maximum absolute atomic E-state index is 6.02. The van der Waals surface area contributed by atoms with Crippen LogP contribution >= 0.6 is 0 Å². The lowest BCUT2D eigenvalue weighted by Gasteiger charge is -2.17. The van der Waals surface area contributed by atoms with E-state index in [1.807, 2.05) is 18.3 Å². The molecule has 2 aromatic rings. The first kappa shape index (κ1) is 15.5. The molecule has 1 atom stereocenters. The number of H-pyrrole nitrogens is 1. The fourth-order valence-electron chi connectivity index (χ4n) is 3.78. The van der Waals surface area contributed by atoms with Gasteiger partial charge < -0.3 is 14.2 Å². The molecule has 4 rings (SSSR count). The van der Waals surface area contributed by atoms with Crippen molar-refractivity contribution in [1.82, 2.24) is 10.2 Å². The molecule has 1 aliphatic heterocycles. The summed E-state index contributed by atoms with van der Waals surface area (Å²) < 4.78 is 17.1. The Labute approximate surface area is 142 Å². The Morgan fingerprint density at radius 2 is 2.00 bits per heavy atom. The van der Waals surface area contributed by atoms with Crippen molar-refractivity contribution in [2.75, 3.05) is 13.7 Å². The molecule has 0 spiro atoms. The van der Waals surface area contributed by atoms with Crippen molar-refractivity contribution in [3.05, 3.63) is 30.0 Å². The summed E-state index contributed by atoms with van der Waals surface area (Å²) in [5.41, 5.74) is 3.51. The minimum absolute atomic E-state index is 0.176. The fourth-order valence-corrected chi connectivity index (χ4v) is 3.78. The lowest BCUT2D eigenvalue weighted by Crippen LogP contribution is -2.14. The molecule has 5 heteroatoms. The van der Waals surface area contributed by atoms with Crippen molar-refractivity contribution >= 4 is 0 Å². The topological polar surface area (TPSA) is 56.4 Å². The number of rotatable bonds is 5. The Morgan fingerprint density at radius 1 is 1.12 bits per heavy atom. The van der Waals surface area contributed by atoms with E-state index >= 15 is 0 Å². The highest BCUT2D eigenvalue weighted by Gasteiger charge is 2.23. The van der Waals surface area contributed by atoms with Crippen molar-refractivity contribution < 1.29 is 14.2 Å². The summed E-state index contributed by atoms with van der Waals surface area (Å²) >= 11 is 0. The molecule has 0 bridgehead atoms. The summed E-state index contributed by atoms with van der Waals surface area (Å²) in [4.78, 5) is 0. The monoisotopic (exact) mass is 328 g/mol. The van der Waals surface area contributed by atoms with Crippen LogP contribution in [-0.2, 0) is 4.74 Å². The van der Waals surface area contributed by atoms with Gasteiger partial charge in [0.1, 0.15) is 0 Å². The van der Waals surface area contributed by atoms with Crippen LogP contribution in [0.25, 0.3) is 11.3 Å². The Bertz CT molecular complexity index is 686.